The molecule has 6 nitrogen and oxygen atoms in total. The van der Waals surface area contributed by atoms with Crippen LogP contribution in [0.5, 0.6) is 0 Å². The van der Waals surface area contributed by atoms with Crippen LogP contribution in [0.3, 0.4) is 0 Å². The van der Waals surface area contributed by atoms with Gasteiger partial charge in [0.25, 0.3) is 5.91 Å². The quantitative estimate of drug-likeness (QED) is 0.751. The fourth-order valence-corrected chi connectivity index (χ4v) is 3.57. The fourth-order valence-electron chi connectivity index (χ4n) is 2.72. The van der Waals surface area contributed by atoms with Crippen LogP contribution in [0.4, 0.5) is 5.69 Å². The SMILES string of the molecule is CC(=O)Nc1ccc(C(=O)CSC2=NC(=O)C(c3ccccc3)=C(O)C2)cc1. The summed E-state index contributed by atoms with van der Waals surface area (Å²) < 4.78 is 0. The minimum atomic E-state index is -0.510. The topological polar surface area (TPSA) is 95.8 Å². The third-order valence-electron chi connectivity index (χ3n) is 4.01. The van der Waals surface area contributed by atoms with Gasteiger partial charge >= 0.3 is 0 Å². The van der Waals surface area contributed by atoms with Crippen LogP contribution in [0.2, 0.25) is 0 Å². The van der Waals surface area contributed by atoms with Crippen molar-refractivity contribution in [3.8, 4) is 0 Å². The van der Waals surface area contributed by atoms with Gasteiger partial charge in [-0.05, 0) is 29.8 Å². The Kier molecular flexibility index (Phi) is 6.06. The number of amides is 2. The summed E-state index contributed by atoms with van der Waals surface area (Å²) in [5.41, 5.74) is 1.93. The van der Waals surface area contributed by atoms with E-state index in [2.05, 4.69) is 10.3 Å². The number of dihydropyridines is 1. The number of benzene rings is 2. The smallest absolute Gasteiger partial charge is 0.281 e. The molecule has 2 aromatic rings. The van der Waals surface area contributed by atoms with Gasteiger partial charge in [0.2, 0.25) is 5.91 Å². The molecule has 0 unspecified atom stereocenters. The number of aliphatic hydroxyl groups excluding tert-OH is 1. The van der Waals surface area contributed by atoms with Gasteiger partial charge in [-0.1, -0.05) is 30.3 Å². The zero-order chi connectivity index (χ0) is 20.1. The van der Waals surface area contributed by atoms with Crippen molar-refractivity contribution < 1.29 is 19.5 Å². The molecule has 28 heavy (non-hydrogen) atoms. The predicted octanol–water partition coefficient (Wildman–Crippen LogP) is 3.86. The van der Waals surface area contributed by atoms with Gasteiger partial charge < -0.3 is 10.4 Å². The van der Waals surface area contributed by atoms with Crippen LogP contribution in [0.1, 0.15) is 29.3 Å². The van der Waals surface area contributed by atoms with Crippen molar-refractivity contribution in [3.63, 3.8) is 0 Å². The number of Topliss-reactive ketones (excluding diaryl/α,β-unsaturated/α-hetero) is 1. The van der Waals surface area contributed by atoms with E-state index in [9.17, 15) is 19.5 Å². The molecule has 0 saturated heterocycles. The Morgan fingerprint density at radius 2 is 1.79 bits per heavy atom. The maximum atomic E-state index is 12.3. The maximum absolute atomic E-state index is 12.3. The molecule has 1 aliphatic heterocycles. The van der Waals surface area contributed by atoms with E-state index in [0.29, 0.717) is 21.9 Å². The van der Waals surface area contributed by atoms with E-state index in [4.69, 9.17) is 0 Å². The second-order valence-corrected chi connectivity index (χ2v) is 7.19. The summed E-state index contributed by atoms with van der Waals surface area (Å²) in [6.07, 6.45) is 0.120. The fraction of sp³-hybridized carbons (Fsp3) is 0.143. The number of aliphatic imine (C=N–C) groups is 1. The molecule has 3 rings (SSSR count). The lowest BCUT2D eigenvalue weighted by atomic mass is 10.0. The number of aliphatic hydroxyl groups is 1. The van der Waals surface area contributed by atoms with Gasteiger partial charge in [0, 0.05) is 18.2 Å². The lowest BCUT2D eigenvalue weighted by Crippen LogP contribution is -2.15. The molecular formula is C21H18N2O4S. The Hall–Kier alpha value is -3.19. The largest absolute Gasteiger partial charge is 0.511 e. The molecule has 0 atom stereocenters. The molecule has 2 aromatic carbocycles. The summed E-state index contributed by atoms with van der Waals surface area (Å²) in [4.78, 5) is 39.7. The molecule has 2 amide bonds. The van der Waals surface area contributed by atoms with E-state index in [0.717, 1.165) is 11.8 Å². The Morgan fingerprint density at radius 3 is 2.39 bits per heavy atom. The van der Waals surface area contributed by atoms with Gasteiger partial charge in [0.1, 0.15) is 5.76 Å². The molecule has 0 saturated carbocycles. The standard InChI is InChI=1S/C21H18N2O4S/c1-13(24)22-16-9-7-14(8-10-16)18(26)12-28-19-11-17(25)20(21(27)23-19)15-5-3-2-4-6-15/h2-10,25H,11-12H2,1H3,(H,22,24). The molecule has 0 aliphatic carbocycles. The van der Waals surface area contributed by atoms with Gasteiger partial charge in [-0.25, -0.2) is 4.99 Å². The van der Waals surface area contributed by atoms with Gasteiger partial charge in [0.05, 0.1) is 22.8 Å². The minimum Gasteiger partial charge on any atom is -0.511 e. The number of hydrogen-bond donors (Lipinski definition) is 2. The molecule has 142 valence electrons. The summed E-state index contributed by atoms with van der Waals surface area (Å²) in [7, 11) is 0. The van der Waals surface area contributed by atoms with Crippen LogP contribution < -0.4 is 5.32 Å². The van der Waals surface area contributed by atoms with Crippen LogP contribution in [-0.2, 0) is 9.59 Å². The van der Waals surface area contributed by atoms with Crippen molar-refractivity contribution in [2.45, 2.75) is 13.3 Å². The van der Waals surface area contributed by atoms with Crippen LogP contribution in [-0.4, -0.2) is 33.5 Å². The number of nitrogens with one attached hydrogen (secondary N) is 1. The summed E-state index contributed by atoms with van der Waals surface area (Å²) >= 11 is 1.14. The molecular weight excluding hydrogens is 376 g/mol. The first-order valence-electron chi connectivity index (χ1n) is 8.57. The minimum absolute atomic E-state index is 0.0409. The van der Waals surface area contributed by atoms with Crippen molar-refractivity contribution >= 4 is 45.7 Å². The maximum Gasteiger partial charge on any atom is 0.281 e. The monoisotopic (exact) mass is 394 g/mol. The van der Waals surface area contributed by atoms with Crippen molar-refractivity contribution in [1.29, 1.82) is 0 Å². The van der Waals surface area contributed by atoms with E-state index >= 15 is 0 Å². The van der Waals surface area contributed by atoms with Crippen molar-refractivity contribution in [2.75, 3.05) is 11.1 Å². The number of hydrogen-bond acceptors (Lipinski definition) is 5. The Balaban J connectivity index is 1.62. The normalized spacial score (nSPS) is 13.9. The molecule has 7 heteroatoms. The first-order chi connectivity index (χ1) is 13.4. The van der Waals surface area contributed by atoms with E-state index < -0.39 is 5.91 Å². The second kappa shape index (κ2) is 8.67. The van der Waals surface area contributed by atoms with Gasteiger partial charge in [0.15, 0.2) is 5.78 Å². The van der Waals surface area contributed by atoms with Crippen molar-refractivity contribution in [3.05, 3.63) is 71.5 Å². The highest BCUT2D eigenvalue weighted by molar-refractivity contribution is 8.14. The predicted molar refractivity (Wildman–Crippen MR) is 111 cm³/mol. The van der Waals surface area contributed by atoms with Crippen molar-refractivity contribution in [1.82, 2.24) is 0 Å². The lowest BCUT2D eigenvalue weighted by molar-refractivity contribution is -0.114. The Morgan fingerprint density at radius 1 is 1.11 bits per heavy atom. The average molecular weight is 394 g/mol. The zero-order valence-electron chi connectivity index (χ0n) is 15.1. The highest BCUT2D eigenvalue weighted by atomic mass is 32.2. The van der Waals surface area contributed by atoms with Crippen molar-refractivity contribution in [2.24, 2.45) is 4.99 Å². The third-order valence-corrected chi connectivity index (χ3v) is 4.98. The average Bonchev–Trinajstić information content (AvgIpc) is 2.66. The van der Waals surface area contributed by atoms with Crippen LogP contribution in [0, 0.1) is 0 Å². The summed E-state index contributed by atoms with van der Waals surface area (Å²) in [5.74, 6) is -0.769. The molecule has 0 aromatic heterocycles. The number of ketones is 1. The third kappa shape index (κ3) is 4.75. The van der Waals surface area contributed by atoms with E-state index in [1.54, 1.807) is 48.5 Å². The first-order valence-corrected chi connectivity index (χ1v) is 9.55. The van der Waals surface area contributed by atoms with E-state index in [1.165, 1.54) is 6.92 Å². The highest BCUT2D eigenvalue weighted by Crippen LogP contribution is 2.28. The zero-order valence-corrected chi connectivity index (χ0v) is 16.0. The molecule has 1 aliphatic rings. The molecule has 0 bridgehead atoms. The number of rotatable bonds is 5. The van der Waals surface area contributed by atoms with Crippen LogP contribution in [0.15, 0.2) is 65.3 Å². The second-order valence-electron chi connectivity index (χ2n) is 6.15. The Bertz CT molecular complexity index is 979. The molecule has 0 fully saturated rings. The summed E-state index contributed by atoms with van der Waals surface area (Å²) in [6.45, 7) is 1.41. The van der Waals surface area contributed by atoms with Gasteiger partial charge in [-0.2, -0.15) is 0 Å². The number of thioether (sulfide) groups is 1. The van der Waals surface area contributed by atoms with Gasteiger partial charge in [-0.15, -0.1) is 11.8 Å². The number of carbonyl (C=O) groups is 3. The van der Waals surface area contributed by atoms with Crippen LogP contribution in [0.25, 0.3) is 5.57 Å². The van der Waals surface area contributed by atoms with Gasteiger partial charge in [-0.3, -0.25) is 14.4 Å². The van der Waals surface area contributed by atoms with E-state index in [1.807, 2.05) is 6.07 Å². The number of allylic oxidation sites excluding steroid dienone is 1. The summed E-state index contributed by atoms with van der Waals surface area (Å²) in [6, 6.07) is 15.5. The summed E-state index contributed by atoms with van der Waals surface area (Å²) in [5, 5.41) is 13.3. The first kappa shape index (κ1) is 19.6. The molecule has 0 radical (unpaired) electrons. The molecule has 1 heterocycles. The highest BCUT2D eigenvalue weighted by Gasteiger charge is 2.24. The van der Waals surface area contributed by atoms with E-state index in [-0.39, 0.29) is 35.2 Å². The number of anilines is 1. The molecule has 0 spiro atoms. The molecule has 2 N–H and O–H groups in total. The lowest BCUT2D eigenvalue weighted by Gasteiger charge is -2.15. The number of carbonyl (C=O) groups excluding carboxylic acids is 3. The number of nitrogens with zero attached hydrogens (tertiary/aromatic N) is 1. The van der Waals surface area contributed by atoms with Crippen LogP contribution >= 0.6 is 11.8 Å². The Labute approximate surface area is 166 Å².